The number of carbonyl (C=O) groups excluding carboxylic acids is 1. The fraction of sp³-hybridized carbons (Fsp3) is 0.562. The minimum absolute atomic E-state index is 0.148. The number of benzene rings is 1. The van der Waals surface area contributed by atoms with Crippen LogP contribution in [0.25, 0.3) is 0 Å². The normalized spacial score (nSPS) is 20.7. The molecule has 0 aliphatic carbocycles. The summed E-state index contributed by atoms with van der Waals surface area (Å²) < 4.78 is 0.148. The van der Waals surface area contributed by atoms with Gasteiger partial charge < -0.3 is 9.69 Å². The van der Waals surface area contributed by atoms with Crippen LogP contribution in [0.1, 0.15) is 24.0 Å². The molecule has 4 heteroatoms. The molecule has 0 unspecified atom stereocenters. The zero-order valence-electron chi connectivity index (χ0n) is 11.9. The van der Waals surface area contributed by atoms with Gasteiger partial charge in [0.05, 0.1) is 4.77 Å². The lowest BCUT2D eigenvalue weighted by Crippen LogP contribution is -2.42. The fourth-order valence-corrected chi connectivity index (χ4v) is 3.67. The number of amides is 1. The molecule has 0 spiro atoms. The van der Waals surface area contributed by atoms with Crippen molar-refractivity contribution in [2.75, 3.05) is 26.2 Å². The van der Waals surface area contributed by atoms with Crippen molar-refractivity contribution in [2.24, 2.45) is 5.92 Å². The van der Waals surface area contributed by atoms with Crippen molar-refractivity contribution in [3.63, 3.8) is 0 Å². The number of nitrogens with zero attached hydrogens (tertiary/aromatic N) is 2. The molecule has 1 amide bonds. The van der Waals surface area contributed by atoms with Crippen molar-refractivity contribution in [3.8, 4) is 0 Å². The highest BCUT2D eigenvalue weighted by Crippen LogP contribution is 2.23. The van der Waals surface area contributed by atoms with E-state index >= 15 is 0 Å². The molecule has 3 nitrogen and oxygen atoms in total. The molecule has 2 aliphatic heterocycles. The Morgan fingerprint density at radius 1 is 1.15 bits per heavy atom. The Balaban J connectivity index is 1.52. The molecule has 104 valence electrons. The Morgan fingerprint density at radius 3 is 2.55 bits per heavy atom. The van der Waals surface area contributed by atoms with Gasteiger partial charge in [-0.2, -0.15) is 0 Å². The Labute approximate surface area is 129 Å². The molecular formula is C16H21AlN2O. The molecule has 1 aromatic carbocycles. The minimum Gasteiger partial charge on any atom is -0.361 e. The highest BCUT2D eigenvalue weighted by molar-refractivity contribution is 6.56. The SMILES string of the molecule is O=[C]([Al])N1CCC(CN2CCc3ccccc3C2)CC1. The number of fused-ring (bicyclic) bond motifs is 1. The van der Waals surface area contributed by atoms with Gasteiger partial charge >= 0.3 is 0 Å². The molecule has 0 bridgehead atoms. The van der Waals surface area contributed by atoms with E-state index in [2.05, 4.69) is 45.5 Å². The third kappa shape index (κ3) is 3.25. The molecule has 2 heterocycles. The topological polar surface area (TPSA) is 23.6 Å². The van der Waals surface area contributed by atoms with E-state index in [1.807, 2.05) is 4.90 Å². The van der Waals surface area contributed by atoms with Gasteiger partial charge in [0.15, 0.2) is 0 Å². The maximum Gasteiger partial charge on any atom is 0.281 e. The Kier molecular flexibility index (Phi) is 4.45. The second-order valence-electron chi connectivity index (χ2n) is 6.02. The number of hydrogen-bond acceptors (Lipinski definition) is 2. The quantitative estimate of drug-likeness (QED) is 0.776. The van der Waals surface area contributed by atoms with Gasteiger partial charge in [-0.1, -0.05) is 24.3 Å². The van der Waals surface area contributed by atoms with Gasteiger partial charge in [0.1, 0.15) is 0 Å². The van der Waals surface area contributed by atoms with E-state index in [1.54, 1.807) is 0 Å². The molecule has 0 saturated carbocycles. The van der Waals surface area contributed by atoms with Crippen LogP contribution in [0, 0.1) is 5.92 Å². The first kappa shape index (κ1) is 14.1. The van der Waals surface area contributed by atoms with E-state index < -0.39 is 0 Å². The maximum atomic E-state index is 11.3. The first-order chi connectivity index (χ1) is 9.72. The van der Waals surface area contributed by atoms with Crippen molar-refractivity contribution in [2.45, 2.75) is 25.8 Å². The van der Waals surface area contributed by atoms with Gasteiger partial charge in [-0.25, -0.2) is 0 Å². The number of hydrogen-bond donors (Lipinski definition) is 0. The molecule has 0 aromatic heterocycles. The summed E-state index contributed by atoms with van der Waals surface area (Å²) in [6, 6.07) is 8.81. The lowest BCUT2D eigenvalue weighted by Gasteiger charge is -2.36. The molecule has 0 atom stereocenters. The van der Waals surface area contributed by atoms with Crippen molar-refractivity contribution < 1.29 is 4.79 Å². The summed E-state index contributed by atoms with van der Waals surface area (Å²) in [7, 11) is 0. The first-order valence-electron chi connectivity index (χ1n) is 7.56. The van der Waals surface area contributed by atoms with Gasteiger partial charge in [0.2, 0.25) is 0 Å². The van der Waals surface area contributed by atoms with Gasteiger partial charge in [-0.3, -0.25) is 4.90 Å². The van der Waals surface area contributed by atoms with Crippen LogP contribution in [-0.4, -0.2) is 57.0 Å². The Morgan fingerprint density at radius 2 is 1.85 bits per heavy atom. The first-order valence-corrected chi connectivity index (χ1v) is 8.13. The lowest BCUT2D eigenvalue weighted by atomic mass is 9.94. The van der Waals surface area contributed by atoms with Crippen LogP contribution >= 0.6 is 0 Å². The molecule has 3 rings (SSSR count). The average molecular weight is 284 g/mol. The summed E-state index contributed by atoms with van der Waals surface area (Å²) >= 11 is 2.29. The van der Waals surface area contributed by atoms with E-state index in [0.29, 0.717) is 0 Å². The molecule has 0 N–H and O–H groups in total. The summed E-state index contributed by atoms with van der Waals surface area (Å²) in [5.74, 6) is 0.751. The van der Waals surface area contributed by atoms with Crippen molar-refractivity contribution in [1.82, 2.24) is 9.80 Å². The summed E-state index contributed by atoms with van der Waals surface area (Å²) in [5.41, 5.74) is 3.02. The van der Waals surface area contributed by atoms with Crippen LogP contribution in [0.4, 0.5) is 4.79 Å². The maximum absolute atomic E-state index is 11.3. The molecule has 1 saturated heterocycles. The molecule has 20 heavy (non-hydrogen) atoms. The molecule has 2 aliphatic rings. The van der Waals surface area contributed by atoms with Crippen LogP contribution in [0.15, 0.2) is 24.3 Å². The molecule has 2 radical (unpaired) electrons. The number of rotatable bonds is 2. The van der Waals surface area contributed by atoms with Crippen molar-refractivity contribution in [3.05, 3.63) is 35.4 Å². The minimum atomic E-state index is 0.148. The Bertz CT molecular complexity index is 483. The predicted octanol–water partition coefficient (Wildman–Crippen LogP) is 2.05. The number of piperidine rings is 1. The van der Waals surface area contributed by atoms with Gasteiger partial charge in [-0.15, -0.1) is 0 Å². The summed E-state index contributed by atoms with van der Waals surface area (Å²) in [6.45, 7) is 5.32. The average Bonchev–Trinajstić information content (AvgIpc) is 2.48. The highest BCUT2D eigenvalue weighted by atomic mass is 27.0. The fourth-order valence-electron chi connectivity index (χ4n) is 3.41. The number of carbonyl (C=O) groups is 1. The van der Waals surface area contributed by atoms with Crippen LogP contribution in [0.3, 0.4) is 0 Å². The van der Waals surface area contributed by atoms with E-state index in [4.69, 9.17) is 0 Å². The van der Waals surface area contributed by atoms with E-state index in [0.717, 1.165) is 38.4 Å². The molecule has 1 aromatic rings. The van der Waals surface area contributed by atoms with Gasteiger partial charge in [-0.05, 0) is 36.3 Å². The van der Waals surface area contributed by atoms with Crippen molar-refractivity contribution in [1.29, 1.82) is 0 Å². The van der Waals surface area contributed by atoms with Crippen LogP contribution in [0.2, 0.25) is 0 Å². The zero-order chi connectivity index (χ0) is 13.9. The largest absolute Gasteiger partial charge is 0.361 e. The standard InChI is InChI=1S/C16H21N2O.Al/c19-13-17-8-5-14(6-9-17)11-18-10-7-15-3-1-2-4-16(15)12-18;/h1-4,14H,5-12H2;. The van der Waals surface area contributed by atoms with Crippen LogP contribution in [0.5, 0.6) is 0 Å². The monoisotopic (exact) mass is 284 g/mol. The van der Waals surface area contributed by atoms with E-state index in [1.165, 1.54) is 30.6 Å². The van der Waals surface area contributed by atoms with E-state index in [-0.39, 0.29) is 4.77 Å². The van der Waals surface area contributed by atoms with Gasteiger partial charge in [0, 0.05) is 32.7 Å². The van der Waals surface area contributed by atoms with Crippen LogP contribution < -0.4 is 0 Å². The third-order valence-corrected chi connectivity index (χ3v) is 5.02. The Hall–Kier alpha value is -0.818. The predicted molar refractivity (Wildman–Crippen MR) is 80.9 cm³/mol. The second kappa shape index (κ2) is 6.30. The smallest absolute Gasteiger partial charge is 0.281 e. The second-order valence-corrected chi connectivity index (χ2v) is 6.52. The van der Waals surface area contributed by atoms with Gasteiger partial charge in [0.25, 0.3) is 16.3 Å². The molecule has 1 fully saturated rings. The summed E-state index contributed by atoms with van der Waals surface area (Å²) in [6.07, 6.45) is 3.48. The van der Waals surface area contributed by atoms with Crippen LogP contribution in [-0.2, 0) is 13.0 Å². The highest BCUT2D eigenvalue weighted by Gasteiger charge is 2.23. The zero-order valence-corrected chi connectivity index (χ0v) is 13.1. The molecular weight excluding hydrogens is 263 g/mol. The summed E-state index contributed by atoms with van der Waals surface area (Å²) in [5, 5.41) is 0. The van der Waals surface area contributed by atoms with Crippen molar-refractivity contribution >= 4 is 21.1 Å². The third-order valence-electron chi connectivity index (χ3n) is 4.65. The lowest BCUT2D eigenvalue weighted by molar-refractivity contribution is 0.151. The van der Waals surface area contributed by atoms with E-state index in [9.17, 15) is 4.79 Å². The summed E-state index contributed by atoms with van der Waals surface area (Å²) in [4.78, 5) is 15.9. The number of likely N-dealkylation sites (tertiary alicyclic amines) is 1.